The lowest BCUT2D eigenvalue weighted by Crippen LogP contribution is -2.50. The number of hydrogen-bond acceptors (Lipinski definition) is 9. The Hall–Kier alpha value is -3.95. The summed E-state index contributed by atoms with van der Waals surface area (Å²) in [7, 11) is 0. The molecular weight excluding hydrogens is 534 g/mol. The molecule has 22 heteroatoms. The number of carboxylic acids is 2. The molecule has 0 aliphatic carbocycles. The molecule has 3 atom stereocenters. The molecule has 11 N–H and O–H groups in total. The SMILES string of the molecule is NC(=O)[C@H](CCCN=C(N)N[N+](=O)[O-])NC(=O)[C@H]1C[C@@H](N)CN1.O=C(O)C(F)(F)F.O=C(O)C(F)(F)F. The molecule has 1 aliphatic heterocycles. The molecule has 37 heavy (non-hydrogen) atoms. The molecule has 0 spiro atoms. The number of amides is 2. The van der Waals surface area contributed by atoms with E-state index in [9.17, 15) is 46.0 Å². The molecule has 1 fully saturated rings. The zero-order valence-electron chi connectivity index (χ0n) is 18.5. The van der Waals surface area contributed by atoms with Crippen LogP contribution in [0.5, 0.6) is 0 Å². The maximum absolute atomic E-state index is 12.0. The van der Waals surface area contributed by atoms with Crippen LogP contribution in [0.25, 0.3) is 0 Å². The van der Waals surface area contributed by atoms with E-state index in [0.29, 0.717) is 19.4 Å². The minimum absolute atomic E-state index is 0.0933. The fourth-order valence-electron chi connectivity index (χ4n) is 2.14. The van der Waals surface area contributed by atoms with E-state index >= 15 is 0 Å². The predicted molar refractivity (Wildman–Crippen MR) is 109 cm³/mol. The number of carbonyl (C=O) groups excluding carboxylic acids is 2. The third-order valence-corrected chi connectivity index (χ3v) is 3.77. The first-order chi connectivity index (χ1) is 16.7. The van der Waals surface area contributed by atoms with E-state index in [1.54, 1.807) is 5.43 Å². The first kappa shape index (κ1) is 35.2. The summed E-state index contributed by atoms with van der Waals surface area (Å²) in [6.07, 6.45) is -9.06. The summed E-state index contributed by atoms with van der Waals surface area (Å²) < 4.78 is 63.5. The van der Waals surface area contributed by atoms with Crippen molar-refractivity contribution in [3.63, 3.8) is 0 Å². The lowest BCUT2D eigenvalue weighted by molar-refractivity contribution is -0.525. The number of nitro groups is 1. The van der Waals surface area contributed by atoms with Crippen molar-refractivity contribution in [1.82, 2.24) is 16.1 Å². The van der Waals surface area contributed by atoms with Crippen LogP contribution in [0.3, 0.4) is 0 Å². The van der Waals surface area contributed by atoms with Gasteiger partial charge in [0.2, 0.25) is 11.8 Å². The van der Waals surface area contributed by atoms with Crippen molar-refractivity contribution in [2.75, 3.05) is 13.1 Å². The molecule has 0 aromatic carbocycles. The topological polar surface area (TPSA) is 278 Å². The van der Waals surface area contributed by atoms with Gasteiger partial charge in [-0.1, -0.05) is 5.43 Å². The second kappa shape index (κ2) is 15.9. The van der Waals surface area contributed by atoms with Gasteiger partial charge in [-0.05, 0) is 19.3 Å². The predicted octanol–water partition coefficient (Wildman–Crippen LogP) is -2.21. The van der Waals surface area contributed by atoms with Gasteiger partial charge in [0, 0.05) is 19.1 Å². The highest BCUT2D eigenvalue weighted by Gasteiger charge is 2.38. The third-order valence-electron chi connectivity index (χ3n) is 3.77. The summed E-state index contributed by atoms with van der Waals surface area (Å²) in [6.45, 7) is 0.690. The number of guanidine groups is 1. The summed E-state index contributed by atoms with van der Waals surface area (Å²) in [5, 5.41) is 29.1. The molecule has 16 nitrogen and oxygen atoms in total. The van der Waals surface area contributed by atoms with Crippen LogP contribution in [0.4, 0.5) is 26.3 Å². The molecule has 0 unspecified atom stereocenters. The largest absolute Gasteiger partial charge is 0.490 e. The Morgan fingerprint density at radius 2 is 1.54 bits per heavy atom. The number of halogens is 6. The Bertz CT molecular complexity index is 814. The van der Waals surface area contributed by atoms with Crippen LogP contribution in [0.1, 0.15) is 19.3 Å². The van der Waals surface area contributed by atoms with Gasteiger partial charge >= 0.3 is 24.3 Å². The van der Waals surface area contributed by atoms with Gasteiger partial charge in [0.25, 0.3) is 5.96 Å². The molecule has 0 aromatic heterocycles. The van der Waals surface area contributed by atoms with Crippen LogP contribution in [0.15, 0.2) is 4.99 Å². The summed E-state index contributed by atoms with van der Waals surface area (Å²) in [6, 6.07) is -1.38. The lowest BCUT2D eigenvalue weighted by Gasteiger charge is -2.18. The van der Waals surface area contributed by atoms with Crippen molar-refractivity contribution >= 4 is 29.7 Å². The number of aliphatic imine (C=N–C) groups is 1. The lowest BCUT2D eigenvalue weighted by atomic mass is 10.1. The monoisotopic (exact) mass is 558 g/mol. The van der Waals surface area contributed by atoms with Crippen LogP contribution in [0.2, 0.25) is 0 Å². The van der Waals surface area contributed by atoms with E-state index in [1.807, 2.05) is 0 Å². The number of nitrogens with two attached hydrogens (primary N) is 3. The van der Waals surface area contributed by atoms with E-state index in [-0.39, 0.29) is 30.9 Å². The summed E-state index contributed by atoms with van der Waals surface area (Å²) in [4.78, 5) is 55.0. The molecule has 2 amide bonds. The average molecular weight is 558 g/mol. The maximum Gasteiger partial charge on any atom is 0.490 e. The number of carboxylic acid groups (broad SMARTS) is 2. The Morgan fingerprint density at radius 3 is 1.86 bits per heavy atom. The van der Waals surface area contributed by atoms with Crippen molar-refractivity contribution in [2.45, 2.75) is 49.7 Å². The molecular formula is C15H24F6N8O8. The molecule has 1 rings (SSSR count). The minimum Gasteiger partial charge on any atom is -0.475 e. The second-order valence-corrected chi connectivity index (χ2v) is 6.80. The second-order valence-electron chi connectivity index (χ2n) is 6.80. The van der Waals surface area contributed by atoms with Gasteiger partial charge < -0.3 is 38.0 Å². The number of rotatable bonds is 8. The van der Waals surface area contributed by atoms with E-state index in [2.05, 4.69) is 15.6 Å². The Morgan fingerprint density at radius 1 is 1.08 bits per heavy atom. The molecule has 0 aromatic rings. The van der Waals surface area contributed by atoms with Gasteiger partial charge in [0.1, 0.15) is 6.04 Å². The first-order valence-electron chi connectivity index (χ1n) is 9.58. The normalized spacial score (nSPS) is 18.2. The van der Waals surface area contributed by atoms with Crippen LogP contribution in [-0.2, 0) is 19.2 Å². The zero-order chi connectivity index (χ0) is 29.6. The zero-order valence-corrected chi connectivity index (χ0v) is 18.5. The van der Waals surface area contributed by atoms with E-state index in [0.717, 1.165) is 0 Å². The standard InChI is InChI=1S/C11H22N8O4.2C2HF3O2/c12-6-4-8(16-5-6)10(21)17-7(9(13)20)2-1-3-15-11(14)18-19(22)23;2*3-2(4,5)1(6)7/h6-8,16H,1-5,12H2,(H2,13,20)(H,17,21)(H3,14,15,18);2*(H,6,7)/t6-,7+,8-;;/m1../s1. The van der Waals surface area contributed by atoms with Crippen LogP contribution < -0.4 is 33.3 Å². The highest BCUT2D eigenvalue weighted by atomic mass is 19.4. The van der Waals surface area contributed by atoms with E-state index in [4.69, 9.17) is 37.0 Å². The fourth-order valence-corrected chi connectivity index (χ4v) is 2.14. The van der Waals surface area contributed by atoms with Gasteiger partial charge in [-0.3, -0.25) is 9.59 Å². The van der Waals surface area contributed by atoms with Crippen molar-refractivity contribution in [1.29, 1.82) is 0 Å². The summed E-state index contributed by atoms with van der Waals surface area (Å²) in [5.74, 6) is -6.85. The van der Waals surface area contributed by atoms with E-state index in [1.165, 1.54) is 0 Å². The van der Waals surface area contributed by atoms with Gasteiger partial charge in [-0.15, -0.1) is 0 Å². The minimum atomic E-state index is -5.08. The molecule has 1 heterocycles. The highest BCUT2D eigenvalue weighted by Crippen LogP contribution is 2.13. The number of alkyl halides is 6. The number of nitrogens with one attached hydrogen (secondary N) is 3. The quantitative estimate of drug-likeness (QED) is 0.0393. The van der Waals surface area contributed by atoms with Gasteiger partial charge in [0.05, 0.1) is 6.04 Å². The number of hydrogen-bond donors (Lipinski definition) is 8. The molecule has 0 radical (unpaired) electrons. The molecule has 0 bridgehead atoms. The summed E-state index contributed by atoms with van der Waals surface area (Å²) in [5.41, 5.74) is 17.9. The first-order valence-corrected chi connectivity index (χ1v) is 9.58. The molecule has 1 aliphatic rings. The van der Waals surface area contributed by atoms with Crippen LogP contribution in [-0.4, -0.2) is 88.5 Å². The van der Waals surface area contributed by atoms with E-state index < -0.39 is 47.3 Å². The highest BCUT2D eigenvalue weighted by molar-refractivity contribution is 5.89. The Kier molecular flexibility index (Phi) is 15.2. The summed E-state index contributed by atoms with van der Waals surface area (Å²) >= 11 is 0. The van der Waals surface area contributed by atoms with Crippen molar-refractivity contribution in [3.8, 4) is 0 Å². The maximum atomic E-state index is 12.0. The van der Waals surface area contributed by atoms with Crippen LogP contribution >= 0.6 is 0 Å². The van der Waals surface area contributed by atoms with Crippen molar-refractivity contribution in [2.24, 2.45) is 22.2 Å². The molecule has 1 saturated heterocycles. The van der Waals surface area contributed by atoms with Gasteiger partial charge in [0.15, 0.2) is 5.03 Å². The number of primary amides is 1. The average Bonchev–Trinajstić information content (AvgIpc) is 3.15. The number of carbonyl (C=O) groups is 4. The number of hydrazine groups is 1. The van der Waals surface area contributed by atoms with Crippen molar-refractivity contribution < 1.29 is 60.8 Å². The number of nitrogens with zero attached hydrogens (tertiary/aromatic N) is 2. The molecule has 0 saturated carbocycles. The Balaban J connectivity index is 0. The smallest absolute Gasteiger partial charge is 0.475 e. The Labute approximate surface area is 202 Å². The van der Waals surface area contributed by atoms with Crippen LogP contribution in [0, 0.1) is 10.1 Å². The van der Waals surface area contributed by atoms with Gasteiger partial charge in [-0.2, -0.15) is 26.3 Å². The third kappa shape index (κ3) is 18.0. The van der Waals surface area contributed by atoms with Gasteiger partial charge in [-0.25, -0.2) is 24.7 Å². The fraction of sp³-hybridized carbons (Fsp3) is 0.667. The number of aliphatic carboxylic acids is 2. The van der Waals surface area contributed by atoms with Crippen molar-refractivity contribution in [3.05, 3.63) is 10.1 Å². The molecule has 214 valence electrons.